The van der Waals surface area contributed by atoms with Gasteiger partial charge in [-0.1, -0.05) is 17.5 Å². The van der Waals surface area contributed by atoms with E-state index in [0.29, 0.717) is 5.56 Å². The van der Waals surface area contributed by atoms with Crippen LogP contribution in [0.25, 0.3) is 0 Å². The molecule has 2 aromatic carbocycles. The Balaban J connectivity index is 0. The van der Waals surface area contributed by atoms with E-state index in [9.17, 15) is 9.59 Å². The van der Waals surface area contributed by atoms with Crippen molar-refractivity contribution in [1.82, 2.24) is 9.97 Å². The van der Waals surface area contributed by atoms with Gasteiger partial charge >= 0.3 is 103 Å². The first-order chi connectivity index (χ1) is 12.8. The van der Waals surface area contributed by atoms with E-state index in [1.807, 2.05) is 50.5 Å². The van der Waals surface area contributed by atoms with Crippen LogP contribution >= 0.6 is 11.6 Å². The summed E-state index contributed by atoms with van der Waals surface area (Å²) in [6, 6.07) is 15.6. The number of ketones is 1. The minimum Gasteiger partial charge on any atom is -0.530 e. The molecule has 0 atom stereocenters. The second-order valence-corrected chi connectivity index (χ2v) is 5.80. The fourth-order valence-electron chi connectivity index (χ4n) is 1.72. The molecule has 8 heteroatoms. The molecule has 3 aromatic rings. The topological polar surface area (TPSA) is 80.2 Å². The third kappa shape index (κ3) is 13.3. The summed E-state index contributed by atoms with van der Waals surface area (Å²) >= 11 is 5.51. The maximum absolute atomic E-state index is 10.6. The largest absolute Gasteiger partial charge is 1.00 e. The Morgan fingerprint density at radius 1 is 1.17 bits per heavy atom. The van der Waals surface area contributed by atoms with Crippen molar-refractivity contribution in [3.05, 3.63) is 88.5 Å². The molecule has 0 aliphatic carbocycles. The van der Waals surface area contributed by atoms with Crippen LogP contribution < -0.4 is 103 Å². The van der Waals surface area contributed by atoms with Crippen molar-refractivity contribution in [3.8, 4) is 5.75 Å². The summed E-state index contributed by atoms with van der Waals surface area (Å²) in [5, 5.41) is 9.62. The molecule has 3 rings (SSSR count). The molecule has 1 aromatic heterocycles. The third-order valence-electron chi connectivity index (χ3n) is 3.27. The van der Waals surface area contributed by atoms with Gasteiger partial charge in [0.15, 0.2) is 0 Å². The normalized spacial score (nSPS) is 8.55. The van der Waals surface area contributed by atoms with Gasteiger partial charge in [0.25, 0.3) is 0 Å². The number of hydrogen-bond acceptors (Lipinski definition) is 5. The number of rotatable bonds is 2. The van der Waals surface area contributed by atoms with Crippen LogP contribution in [-0.2, 0) is 4.79 Å². The Bertz CT molecular complexity index is 894. The molecule has 5 nitrogen and oxygen atoms in total. The number of nitrogens with zero attached hydrogens (tertiary/aromatic N) is 2. The first kappa shape index (κ1) is 31.4. The summed E-state index contributed by atoms with van der Waals surface area (Å²) in [6.07, 6.45) is 5.21. The first-order valence-electron chi connectivity index (χ1n) is 7.84. The van der Waals surface area contributed by atoms with Gasteiger partial charge in [0.05, 0.1) is 12.0 Å². The molecule has 0 saturated carbocycles. The Morgan fingerprint density at radius 3 is 2.24 bits per heavy atom. The van der Waals surface area contributed by atoms with Gasteiger partial charge in [0.1, 0.15) is 5.78 Å². The Kier molecular flexibility index (Phi) is 19.3. The molecule has 0 radical (unpaired) electrons. The maximum Gasteiger partial charge on any atom is 1.00 e. The summed E-state index contributed by atoms with van der Waals surface area (Å²) in [6.45, 7) is 5.32. The van der Waals surface area contributed by atoms with Gasteiger partial charge in [-0.2, -0.15) is 59.6 Å². The molecule has 0 aliphatic heterocycles. The van der Waals surface area contributed by atoms with E-state index in [2.05, 4.69) is 22.2 Å². The van der Waals surface area contributed by atoms with Crippen LogP contribution in [0.1, 0.15) is 34.1 Å². The van der Waals surface area contributed by atoms with Crippen molar-refractivity contribution < 1.29 is 117 Å². The van der Waals surface area contributed by atoms with Crippen LogP contribution in [0.15, 0.2) is 48.8 Å². The standard InChI is InChI=1S/C9H9O.C6H4Cl.C6H5N2O2.2K/c1-7-3-4-9(6-10)5-8(7)2;7-6-4-2-1-3-5-6;1-4(9)6-5(10)2-7-3-8-6;;/h3-5H,1-2H3;1-2,4-5H;3,10H,1H3;;/q3*-1;2*+1. The van der Waals surface area contributed by atoms with Gasteiger partial charge < -0.3 is 24.7 Å². The maximum atomic E-state index is 10.6. The molecule has 1 N–H and O–H groups in total. The number of hydrogen-bond donors (Lipinski definition) is 1. The van der Waals surface area contributed by atoms with Crippen molar-refractivity contribution in [2.45, 2.75) is 20.8 Å². The summed E-state index contributed by atoms with van der Waals surface area (Å²) in [4.78, 5) is 27.7. The molecule has 1 heterocycles. The molecule has 0 saturated heterocycles. The average molecular weight is 460 g/mol. The molecule has 0 fully saturated rings. The Labute approximate surface area is 261 Å². The number of halogens is 1. The molecule has 0 unspecified atom stereocenters. The molecule has 0 spiro atoms. The third-order valence-corrected chi connectivity index (χ3v) is 3.50. The zero-order valence-corrected chi connectivity index (χ0v) is 24.2. The van der Waals surface area contributed by atoms with Gasteiger partial charge in [-0.15, -0.1) is 11.6 Å². The zero-order valence-electron chi connectivity index (χ0n) is 17.2. The molecule has 0 amide bonds. The number of aromatic nitrogens is 2. The van der Waals surface area contributed by atoms with Crippen LogP contribution in [0.2, 0.25) is 5.02 Å². The van der Waals surface area contributed by atoms with Crippen LogP contribution in [0, 0.1) is 26.1 Å². The van der Waals surface area contributed by atoms with Crippen LogP contribution in [-0.4, -0.2) is 27.1 Å². The SMILES string of the molecule is CC(=O)c1ncn[c-]c1O.Cc1ccc([C-]=O)cc1C.Clc1c[c-]ccc1.[K+].[K+]. The zero-order chi connectivity index (χ0) is 20.2. The predicted molar refractivity (Wildman–Crippen MR) is 104 cm³/mol. The van der Waals surface area contributed by atoms with Crippen LogP contribution in [0.3, 0.4) is 0 Å². The number of carbonyl (C=O) groups excluding carboxylic acids is 2. The molecule has 140 valence electrons. The molecule has 0 aliphatic rings. The quantitative estimate of drug-likeness (QED) is 0.275. The van der Waals surface area contributed by atoms with Crippen molar-refractivity contribution in [1.29, 1.82) is 0 Å². The van der Waals surface area contributed by atoms with E-state index in [0.717, 1.165) is 16.9 Å². The molecular formula is C21H18ClK2N2O3-. The fraction of sp³-hybridized carbons (Fsp3) is 0.143. The number of Topliss-reactive ketones (excluding diaryl/α,β-unsaturated/α-hetero) is 1. The molecule has 0 bridgehead atoms. The van der Waals surface area contributed by atoms with Crippen molar-refractivity contribution in [2.24, 2.45) is 0 Å². The van der Waals surface area contributed by atoms with Crippen molar-refractivity contribution in [3.63, 3.8) is 0 Å². The van der Waals surface area contributed by atoms with Crippen molar-refractivity contribution >= 4 is 23.7 Å². The van der Waals surface area contributed by atoms with Crippen molar-refractivity contribution in [2.75, 3.05) is 0 Å². The first-order valence-corrected chi connectivity index (χ1v) is 8.22. The number of carbonyl (C=O) groups is 1. The van der Waals surface area contributed by atoms with E-state index in [-0.39, 0.29) is 120 Å². The van der Waals surface area contributed by atoms with Gasteiger partial charge in [-0.3, -0.25) is 0 Å². The fourth-order valence-corrected chi connectivity index (χ4v) is 1.86. The van der Waals surface area contributed by atoms with Crippen LogP contribution in [0.4, 0.5) is 0 Å². The van der Waals surface area contributed by atoms with E-state index in [1.54, 1.807) is 12.1 Å². The van der Waals surface area contributed by atoms with E-state index in [4.69, 9.17) is 16.7 Å². The van der Waals surface area contributed by atoms with E-state index < -0.39 is 0 Å². The minimum absolute atomic E-state index is 0. The minimum atomic E-state index is -0.296. The van der Waals surface area contributed by atoms with E-state index in [1.165, 1.54) is 12.5 Å². The van der Waals surface area contributed by atoms with Gasteiger partial charge in [-0.25, -0.2) is 0 Å². The van der Waals surface area contributed by atoms with Gasteiger partial charge in [-0.05, 0) is 20.0 Å². The Hall–Kier alpha value is 0.223. The summed E-state index contributed by atoms with van der Waals surface area (Å²) in [7, 11) is 0. The average Bonchev–Trinajstić information content (AvgIpc) is 2.66. The smallest absolute Gasteiger partial charge is 0.530 e. The monoisotopic (exact) mass is 459 g/mol. The summed E-state index contributed by atoms with van der Waals surface area (Å²) in [5.74, 6) is -0.592. The Morgan fingerprint density at radius 2 is 1.86 bits per heavy atom. The number of aromatic hydroxyl groups is 1. The van der Waals surface area contributed by atoms with Crippen LogP contribution in [0.5, 0.6) is 5.75 Å². The van der Waals surface area contributed by atoms with Gasteiger partial charge in [0, 0.05) is 12.0 Å². The summed E-state index contributed by atoms with van der Waals surface area (Å²) in [5.41, 5.74) is 2.98. The molecule has 29 heavy (non-hydrogen) atoms. The molecular weight excluding hydrogens is 442 g/mol. The van der Waals surface area contributed by atoms with Gasteiger partial charge in [0.2, 0.25) is 0 Å². The second kappa shape index (κ2) is 17.9. The summed E-state index contributed by atoms with van der Waals surface area (Å²) < 4.78 is 0. The van der Waals surface area contributed by atoms with E-state index >= 15 is 0 Å². The number of benzene rings is 2. The number of aryl methyl sites for hydroxylation is 2. The predicted octanol–water partition coefficient (Wildman–Crippen LogP) is -1.91. The second-order valence-electron chi connectivity index (χ2n) is 5.36.